The van der Waals surface area contributed by atoms with Crippen LogP contribution in [0.5, 0.6) is 5.75 Å². The van der Waals surface area contributed by atoms with Crippen molar-refractivity contribution in [1.29, 1.82) is 0 Å². The molecule has 7 heteroatoms. The predicted molar refractivity (Wildman–Crippen MR) is 74.9 cm³/mol. The van der Waals surface area contributed by atoms with E-state index >= 15 is 0 Å². The number of halogens is 1. The van der Waals surface area contributed by atoms with Gasteiger partial charge in [0, 0.05) is 17.6 Å². The maximum Gasteiger partial charge on any atom is 0.244 e. The maximum absolute atomic E-state index is 12.3. The minimum absolute atomic E-state index is 0.0343. The van der Waals surface area contributed by atoms with Crippen molar-refractivity contribution < 1.29 is 17.9 Å². The summed E-state index contributed by atoms with van der Waals surface area (Å²) < 4.78 is 38.2. The van der Waals surface area contributed by atoms with Crippen LogP contribution in [0.4, 0.5) is 0 Å². The van der Waals surface area contributed by atoms with Gasteiger partial charge in [0.25, 0.3) is 0 Å². The lowest BCUT2D eigenvalue weighted by molar-refractivity contribution is 0.114. The summed E-state index contributed by atoms with van der Waals surface area (Å²) in [5.41, 5.74) is 0. The quantitative estimate of drug-likeness (QED) is 0.881. The molecule has 0 aromatic heterocycles. The van der Waals surface area contributed by atoms with Gasteiger partial charge in [-0.25, -0.2) is 13.1 Å². The first-order chi connectivity index (χ1) is 9.03. The Balaban J connectivity index is 2.16. The third-order valence-electron chi connectivity index (χ3n) is 2.94. The molecule has 1 atom stereocenters. The predicted octanol–water partition coefficient (Wildman–Crippen LogP) is 1.91. The zero-order chi connectivity index (χ0) is 13.9. The van der Waals surface area contributed by atoms with Gasteiger partial charge in [0.2, 0.25) is 10.0 Å². The van der Waals surface area contributed by atoms with Gasteiger partial charge in [-0.3, -0.25) is 0 Å². The maximum atomic E-state index is 12.3. The van der Waals surface area contributed by atoms with Crippen molar-refractivity contribution in [2.75, 3.05) is 20.3 Å². The molecule has 0 radical (unpaired) electrons. The Labute approximate surface area is 121 Å². The smallest absolute Gasteiger partial charge is 0.244 e. The average Bonchev–Trinajstić information content (AvgIpc) is 2.89. The van der Waals surface area contributed by atoms with E-state index in [1.807, 2.05) is 0 Å². The molecule has 1 aliphatic heterocycles. The van der Waals surface area contributed by atoms with Crippen molar-refractivity contribution in [2.24, 2.45) is 0 Å². The summed E-state index contributed by atoms with van der Waals surface area (Å²) >= 11 is 3.26. The molecule has 2 rings (SSSR count). The highest BCUT2D eigenvalue weighted by atomic mass is 79.9. The molecule has 0 aliphatic carbocycles. The fraction of sp³-hybridized carbons (Fsp3) is 0.500. The van der Waals surface area contributed by atoms with Gasteiger partial charge in [-0.15, -0.1) is 0 Å². The standard InChI is InChI=1S/C12H16BrNO4S/c1-17-11-5-4-9(13)7-12(11)19(15,16)14-8-10-3-2-6-18-10/h4-5,7,10,14H,2-3,6,8H2,1H3/t10-/m0/s1. The van der Waals surface area contributed by atoms with Crippen molar-refractivity contribution in [3.63, 3.8) is 0 Å². The van der Waals surface area contributed by atoms with Crippen LogP contribution in [0.15, 0.2) is 27.6 Å². The number of hydrogen-bond donors (Lipinski definition) is 1. The molecule has 1 heterocycles. The molecule has 0 unspecified atom stereocenters. The van der Waals surface area contributed by atoms with E-state index in [-0.39, 0.29) is 17.5 Å². The molecule has 5 nitrogen and oxygen atoms in total. The molecular formula is C12H16BrNO4S. The Morgan fingerprint density at radius 1 is 1.53 bits per heavy atom. The highest BCUT2D eigenvalue weighted by Gasteiger charge is 2.23. The lowest BCUT2D eigenvalue weighted by Crippen LogP contribution is -2.32. The van der Waals surface area contributed by atoms with Gasteiger partial charge in [0.15, 0.2) is 0 Å². The number of nitrogens with one attached hydrogen (secondary N) is 1. The normalized spacial score (nSPS) is 19.6. The first-order valence-electron chi connectivity index (χ1n) is 5.98. The van der Waals surface area contributed by atoms with Crippen LogP contribution in [-0.2, 0) is 14.8 Å². The third kappa shape index (κ3) is 3.68. The molecular weight excluding hydrogens is 334 g/mol. The number of ether oxygens (including phenoxy) is 2. The molecule has 1 saturated heterocycles. The number of hydrogen-bond acceptors (Lipinski definition) is 4. The molecule has 106 valence electrons. The molecule has 1 aliphatic rings. The Bertz CT molecular complexity index is 541. The first-order valence-corrected chi connectivity index (χ1v) is 8.25. The van der Waals surface area contributed by atoms with Gasteiger partial charge in [0.05, 0.1) is 13.2 Å². The second-order valence-electron chi connectivity index (χ2n) is 4.28. The van der Waals surface area contributed by atoms with E-state index in [4.69, 9.17) is 9.47 Å². The first kappa shape index (κ1) is 14.8. The molecule has 0 bridgehead atoms. The Morgan fingerprint density at radius 3 is 2.95 bits per heavy atom. The largest absolute Gasteiger partial charge is 0.495 e. The summed E-state index contributed by atoms with van der Waals surface area (Å²) in [4.78, 5) is 0.127. The van der Waals surface area contributed by atoms with Gasteiger partial charge >= 0.3 is 0 Å². The van der Waals surface area contributed by atoms with Gasteiger partial charge in [0.1, 0.15) is 10.6 Å². The lowest BCUT2D eigenvalue weighted by Gasteiger charge is -2.13. The molecule has 1 aromatic rings. The Kier molecular flexibility index (Phi) is 4.83. The summed E-state index contributed by atoms with van der Waals surface area (Å²) in [5.74, 6) is 0.322. The molecule has 1 N–H and O–H groups in total. The Hall–Kier alpha value is -0.630. The molecule has 0 spiro atoms. The van der Waals surface area contributed by atoms with Crippen molar-refractivity contribution in [3.05, 3.63) is 22.7 Å². The molecule has 0 amide bonds. The van der Waals surface area contributed by atoms with E-state index in [2.05, 4.69) is 20.7 Å². The van der Waals surface area contributed by atoms with Crippen LogP contribution < -0.4 is 9.46 Å². The van der Waals surface area contributed by atoms with Crippen LogP contribution in [0.25, 0.3) is 0 Å². The van der Waals surface area contributed by atoms with Gasteiger partial charge < -0.3 is 9.47 Å². The van der Waals surface area contributed by atoms with E-state index < -0.39 is 10.0 Å². The van der Waals surface area contributed by atoms with Crippen molar-refractivity contribution in [1.82, 2.24) is 4.72 Å². The second kappa shape index (κ2) is 6.21. The van der Waals surface area contributed by atoms with Crippen LogP contribution in [0, 0.1) is 0 Å². The van der Waals surface area contributed by atoms with E-state index in [1.165, 1.54) is 13.2 Å². The zero-order valence-corrected chi connectivity index (χ0v) is 13.0. The average molecular weight is 350 g/mol. The Morgan fingerprint density at radius 2 is 2.32 bits per heavy atom. The number of rotatable bonds is 5. The fourth-order valence-corrected chi connectivity index (χ4v) is 3.72. The lowest BCUT2D eigenvalue weighted by atomic mass is 10.2. The minimum atomic E-state index is -3.60. The SMILES string of the molecule is COc1ccc(Br)cc1S(=O)(=O)NC[C@@H]1CCCO1. The highest BCUT2D eigenvalue weighted by Crippen LogP contribution is 2.27. The van der Waals surface area contributed by atoms with Crippen LogP contribution >= 0.6 is 15.9 Å². The van der Waals surface area contributed by atoms with Crippen LogP contribution in [0.1, 0.15) is 12.8 Å². The highest BCUT2D eigenvalue weighted by molar-refractivity contribution is 9.10. The van der Waals surface area contributed by atoms with E-state index in [9.17, 15) is 8.42 Å². The van der Waals surface area contributed by atoms with Crippen molar-refractivity contribution in [2.45, 2.75) is 23.8 Å². The summed E-state index contributed by atoms with van der Waals surface area (Å²) in [6.07, 6.45) is 1.83. The monoisotopic (exact) mass is 349 g/mol. The second-order valence-corrected chi connectivity index (χ2v) is 6.93. The van der Waals surface area contributed by atoms with Gasteiger partial charge in [-0.2, -0.15) is 0 Å². The van der Waals surface area contributed by atoms with Gasteiger partial charge in [-0.05, 0) is 31.0 Å². The van der Waals surface area contributed by atoms with Crippen LogP contribution in [0.3, 0.4) is 0 Å². The van der Waals surface area contributed by atoms with Crippen molar-refractivity contribution >= 4 is 26.0 Å². The summed E-state index contributed by atoms with van der Waals surface area (Å²) in [5, 5.41) is 0. The van der Waals surface area contributed by atoms with Gasteiger partial charge in [-0.1, -0.05) is 15.9 Å². The number of methoxy groups -OCH3 is 1. The molecule has 1 fully saturated rings. The number of benzene rings is 1. The zero-order valence-electron chi connectivity index (χ0n) is 10.6. The van der Waals surface area contributed by atoms with E-state index in [1.54, 1.807) is 12.1 Å². The molecule has 19 heavy (non-hydrogen) atoms. The van der Waals surface area contributed by atoms with Crippen molar-refractivity contribution in [3.8, 4) is 5.75 Å². The fourth-order valence-electron chi connectivity index (χ4n) is 1.95. The summed E-state index contributed by atoms with van der Waals surface area (Å²) in [7, 11) is -2.15. The number of sulfonamides is 1. The molecule has 1 aromatic carbocycles. The van der Waals surface area contributed by atoms with E-state index in [0.29, 0.717) is 16.8 Å². The third-order valence-corrected chi connectivity index (χ3v) is 4.88. The summed E-state index contributed by atoms with van der Waals surface area (Å²) in [6, 6.07) is 4.87. The molecule has 0 saturated carbocycles. The van der Waals surface area contributed by atoms with Crippen LogP contribution in [-0.4, -0.2) is 34.8 Å². The minimum Gasteiger partial charge on any atom is -0.495 e. The van der Waals surface area contributed by atoms with Crippen LogP contribution in [0.2, 0.25) is 0 Å². The van der Waals surface area contributed by atoms with E-state index in [0.717, 1.165) is 12.8 Å². The summed E-state index contributed by atoms with van der Waals surface area (Å²) in [6.45, 7) is 0.991. The topological polar surface area (TPSA) is 64.6 Å².